The fourth-order valence-electron chi connectivity index (χ4n) is 1.86. The van der Waals surface area contributed by atoms with E-state index in [0.29, 0.717) is 6.54 Å². The average molecular weight is 219 g/mol. The van der Waals surface area contributed by atoms with Gasteiger partial charge in [0.05, 0.1) is 6.54 Å². The van der Waals surface area contributed by atoms with Crippen molar-refractivity contribution in [1.82, 2.24) is 0 Å². The highest BCUT2D eigenvalue weighted by atomic mass is 16.6. The summed E-state index contributed by atoms with van der Waals surface area (Å²) in [5, 5.41) is 0. The van der Waals surface area contributed by atoms with E-state index in [1.165, 1.54) is 11.1 Å². The van der Waals surface area contributed by atoms with E-state index in [2.05, 4.69) is 6.92 Å². The molecule has 0 spiro atoms. The summed E-state index contributed by atoms with van der Waals surface area (Å²) in [6.07, 6.45) is -0.256. The predicted octanol–water partition coefficient (Wildman–Crippen LogP) is 3.04. The third kappa shape index (κ3) is 1.90. The number of anilines is 1. The van der Waals surface area contributed by atoms with Crippen molar-refractivity contribution in [2.75, 3.05) is 11.4 Å². The van der Waals surface area contributed by atoms with Crippen LogP contribution in [0.15, 0.2) is 18.2 Å². The van der Waals surface area contributed by atoms with E-state index in [1.807, 2.05) is 39.0 Å². The van der Waals surface area contributed by atoms with E-state index in [0.717, 1.165) is 5.69 Å². The molecule has 0 unspecified atom stereocenters. The van der Waals surface area contributed by atoms with Gasteiger partial charge >= 0.3 is 6.09 Å². The van der Waals surface area contributed by atoms with Crippen LogP contribution in [-0.2, 0) is 4.74 Å². The molecule has 1 heterocycles. The van der Waals surface area contributed by atoms with Crippen molar-refractivity contribution in [1.29, 1.82) is 0 Å². The normalized spacial score (nSPS) is 18.8. The first-order valence-electron chi connectivity index (χ1n) is 5.47. The van der Waals surface area contributed by atoms with Gasteiger partial charge in [0.2, 0.25) is 0 Å². The Kier molecular flexibility index (Phi) is 2.41. The molecule has 86 valence electrons. The zero-order valence-electron chi connectivity index (χ0n) is 10.2. The van der Waals surface area contributed by atoms with Gasteiger partial charge in [0.25, 0.3) is 0 Å². The van der Waals surface area contributed by atoms with E-state index >= 15 is 0 Å². The van der Waals surface area contributed by atoms with Crippen LogP contribution in [0.3, 0.4) is 0 Å². The molecule has 0 aromatic heterocycles. The third-order valence-corrected chi connectivity index (χ3v) is 2.93. The molecule has 0 radical (unpaired) electrons. The van der Waals surface area contributed by atoms with E-state index in [-0.39, 0.29) is 6.09 Å². The molecule has 1 aliphatic heterocycles. The second-order valence-electron chi connectivity index (χ2n) is 4.98. The third-order valence-electron chi connectivity index (χ3n) is 2.93. The smallest absolute Gasteiger partial charge is 0.415 e. The first kappa shape index (κ1) is 11.0. The number of carbonyl (C=O) groups is 1. The number of aryl methyl sites for hydroxylation is 2. The van der Waals surface area contributed by atoms with E-state index < -0.39 is 5.60 Å². The molecule has 1 aliphatic rings. The first-order chi connectivity index (χ1) is 7.39. The van der Waals surface area contributed by atoms with Crippen molar-refractivity contribution in [3.63, 3.8) is 0 Å². The Morgan fingerprint density at radius 2 is 1.94 bits per heavy atom. The van der Waals surface area contributed by atoms with Gasteiger partial charge in [-0.05, 0) is 51.0 Å². The van der Waals surface area contributed by atoms with Gasteiger partial charge < -0.3 is 4.74 Å². The summed E-state index contributed by atoms with van der Waals surface area (Å²) in [6, 6.07) is 6.02. The Morgan fingerprint density at radius 3 is 2.44 bits per heavy atom. The van der Waals surface area contributed by atoms with Crippen LogP contribution in [-0.4, -0.2) is 18.2 Å². The standard InChI is InChI=1S/C13H17NO2/c1-9-5-6-11(7-10(9)2)14-8-13(3,4)16-12(14)15/h5-7H,8H2,1-4H3. The molecule has 3 nitrogen and oxygen atoms in total. The fraction of sp³-hybridized carbons (Fsp3) is 0.462. The average Bonchev–Trinajstić information content (AvgIpc) is 2.45. The molecule has 16 heavy (non-hydrogen) atoms. The van der Waals surface area contributed by atoms with Gasteiger partial charge in [0.1, 0.15) is 5.60 Å². The topological polar surface area (TPSA) is 29.5 Å². The summed E-state index contributed by atoms with van der Waals surface area (Å²) in [4.78, 5) is 13.4. The lowest BCUT2D eigenvalue weighted by Gasteiger charge is -2.16. The number of ether oxygens (including phenoxy) is 1. The van der Waals surface area contributed by atoms with Gasteiger partial charge in [0.15, 0.2) is 0 Å². The molecule has 3 heteroatoms. The molecule has 1 aromatic carbocycles. The number of rotatable bonds is 1. The largest absolute Gasteiger partial charge is 0.441 e. The summed E-state index contributed by atoms with van der Waals surface area (Å²) >= 11 is 0. The zero-order chi connectivity index (χ0) is 11.9. The molecule has 2 rings (SSSR count). The summed E-state index contributed by atoms with van der Waals surface area (Å²) in [6.45, 7) is 8.56. The quantitative estimate of drug-likeness (QED) is 0.726. The molecule has 1 aromatic rings. The van der Waals surface area contributed by atoms with Crippen LogP contribution < -0.4 is 4.90 Å². The Morgan fingerprint density at radius 1 is 1.25 bits per heavy atom. The fourth-order valence-corrected chi connectivity index (χ4v) is 1.86. The van der Waals surface area contributed by atoms with E-state index in [4.69, 9.17) is 4.74 Å². The highest BCUT2D eigenvalue weighted by molar-refractivity contribution is 5.90. The lowest BCUT2D eigenvalue weighted by Crippen LogP contribution is -2.28. The monoisotopic (exact) mass is 219 g/mol. The second kappa shape index (κ2) is 3.51. The lowest BCUT2D eigenvalue weighted by atomic mass is 10.1. The molecule has 0 N–H and O–H groups in total. The van der Waals surface area contributed by atoms with Gasteiger partial charge in [0, 0.05) is 5.69 Å². The highest BCUT2D eigenvalue weighted by Crippen LogP contribution is 2.28. The molecule has 0 atom stereocenters. The van der Waals surface area contributed by atoms with Crippen LogP contribution in [0, 0.1) is 13.8 Å². The van der Waals surface area contributed by atoms with Crippen molar-refractivity contribution in [3.8, 4) is 0 Å². The van der Waals surface area contributed by atoms with Gasteiger partial charge in [-0.3, -0.25) is 4.90 Å². The maximum atomic E-state index is 11.7. The van der Waals surface area contributed by atoms with Crippen LogP contribution in [0.4, 0.5) is 10.5 Å². The van der Waals surface area contributed by atoms with Gasteiger partial charge in [-0.25, -0.2) is 4.79 Å². The Balaban J connectivity index is 2.32. The SMILES string of the molecule is Cc1ccc(N2CC(C)(C)OC2=O)cc1C. The van der Waals surface area contributed by atoms with Gasteiger partial charge in [-0.15, -0.1) is 0 Å². The summed E-state index contributed by atoms with van der Waals surface area (Å²) in [5.74, 6) is 0. The molecule has 0 bridgehead atoms. The molecular formula is C13H17NO2. The Labute approximate surface area is 96.0 Å². The Bertz CT molecular complexity index is 438. The van der Waals surface area contributed by atoms with Crippen LogP contribution in [0.1, 0.15) is 25.0 Å². The van der Waals surface area contributed by atoms with Crippen molar-refractivity contribution < 1.29 is 9.53 Å². The predicted molar refractivity (Wildman–Crippen MR) is 63.8 cm³/mol. The summed E-state index contributed by atoms with van der Waals surface area (Å²) < 4.78 is 5.27. The number of amides is 1. The number of benzene rings is 1. The van der Waals surface area contributed by atoms with Crippen LogP contribution >= 0.6 is 0 Å². The number of cyclic esters (lactones) is 1. The first-order valence-corrected chi connectivity index (χ1v) is 5.47. The summed E-state index contributed by atoms with van der Waals surface area (Å²) in [7, 11) is 0. The molecule has 1 saturated heterocycles. The van der Waals surface area contributed by atoms with Crippen molar-refractivity contribution in [2.24, 2.45) is 0 Å². The Hall–Kier alpha value is -1.51. The molecular weight excluding hydrogens is 202 g/mol. The minimum atomic E-state index is -0.393. The van der Waals surface area contributed by atoms with Crippen LogP contribution in [0.5, 0.6) is 0 Å². The van der Waals surface area contributed by atoms with Crippen molar-refractivity contribution >= 4 is 11.8 Å². The minimum Gasteiger partial charge on any atom is -0.441 e. The van der Waals surface area contributed by atoms with Crippen molar-refractivity contribution in [3.05, 3.63) is 29.3 Å². The number of nitrogens with zero attached hydrogens (tertiary/aromatic N) is 1. The highest BCUT2D eigenvalue weighted by Gasteiger charge is 2.38. The maximum absolute atomic E-state index is 11.7. The maximum Gasteiger partial charge on any atom is 0.415 e. The molecule has 1 fully saturated rings. The number of hydrogen-bond acceptors (Lipinski definition) is 2. The van der Waals surface area contributed by atoms with E-state index in [1.54, 1.807) is 4.90 Å². The van der Waals surface area contributed by atoms with Crippen molar-refractivity contribution in [2.45, 2.75) is 33.3 Å². The summed E-state index contributed by atoms with van der Waals surface area (Å²) in [5.41, 5.74) is 2.94. The zero-order valence-corrected chi connectivity index (χ0v) is 10.2. The number of hydrogen-bond donors (Lipinski definition) is 0. The van der Waals surface area contributed by atoms with Crippen LogP contribution in [0.2, 0.25) is 0 Å². The van der Waals surface area contributed by atoms with Gasteiger partial charge in [-0.2, -0.15) is 0 Å². The second-order valence-corrected chi connectivity index (χ2v) is 4.98. The number of carbonyl (C=O) groups excluding carboxylic acids is 1. The van der Waals surface area contributed by atoms with E-state index in [9.17, 15) is 4.79 Å². The molecule has 0 aliphatic carbocycles. The minimum absolute atomic E-state index is 0.256. The lowest BCUT2D eigenvalue weighted by molar-refractivity contribution is 0.0871. The van der Waals surface area contributed by atoms with Crippen LogP contribution in [0.25, 0.3) is 0 Å². The van der Waals surface area contributed by atoms with Gasteiger partial charge in [-0.1, -0.05) is 6.07 Å². The molecule has 1 amide bonds. The molecule has 0 saturated carbocycles.